The van der Waals surface area contributed by atoms with Crippen molar-refractivity contribution in [3.63, 3.8) is 0 Å². The minimum Gasteiger partial charge on any atom is -0.394 e. The maximum atomic E-state index is 9.22. The summed E-state index contributed by atoms with van der Waals surface area (Å²) in [6, 6.07) is 10.1. The molecule has 0 aliphatic heterocycles. The largest absolute Gasteiger partial charge is 0.394 e. The fourth-order valence-corrected chi connectivity index (χ4v) is 1.95. The highest BCUT2D eigenvalue weighted by atomic mass is 16.3. The zero-order valence-electron chi connectivity index (χ0n) is 10.2. The number of hydrogen-bond acceptors (Lipinski definition) is 4. The second-order valence-electron chi connectivity index (χ2n) is 4.07. The van der Waals surface area contributed by atoms with Crippen LogP contribution in [0, 0.1) is 0 Å². The number of benzene rings is 1. The summed E-state index contributed by atoms with van der Waals surface area (Å²) in [7, 11) is 0. The molecule has 0 unspecified atom stereocenters. The van der Waals surface area contributed by atoms with Crippen molar-refractivity contribution < 1.29 is 10.2 Å². The lowest BCUT2D eigenvalue weighted by molar-refractivity contribution is 0.264. The molecule has 0 radical (unpaired) electrons. The number of aryl methyl sites for hydroxylation is 1. The van der Waals surface area contributed by atoms with Crippen molar-refractivity contribution in [3.05, 3.63) is 47.3 Å². The quantitative estimate of drug-likeness (QED) is 0.782. The van der Waals surface area contributed by atoms with E-state index in [1.165, 1.54) is 5.56 Å². The van der Waals surface area contributed by atoms with Crippen molar-refractivity contribution in [2.24, 2.45) is 0 Å². The number of aliphatic hydroxyl groups is 2. The van der Waals surface area contributed by atoms with Gasteiger partial charge in [0.15, 0.2) is 0 Å². The summed E-state index contributed by atoms with van der Waals surface area (Å²) < 4.78 is 1.66. The molecular formula is C13H17N3O2. The monoisotopic (exact) mass is 247 g/mol. The van der Waals surface area contributed by atoms with Gasteiger partial charge in [0.2, 0.25) is 0 Å². The molecule has 0 bridgehead atoms. The first kappa shape index (κ1) is 12.7. The van der Waals surface area contributed by atoms with Gasteiger partial charge >= 0.3 is 0 Å². The van der Waals surface area contributed by atoms with Crippen LogP contribution in [0.25, 0.3) is 0 Å². The van der Waals surface area contributed by atoms with E-state index in [0.29, 0.717) is 12.2 Å². The molecule has 0 atom stereocenters. The number of hydrogen-bond donors (Lipinski definition) is 2. The fraction of sp³-hybridized carbons (Fsp3) is 0.385. The Balaban J connectivity index is 2.10. The Bertz CT molecular complexity index is 482. The van der Waals surface area contributed by atoms with Gasteiger partial charge in [0.25, 0.3) is 0 Å². The van der Waals surface area contributed by atoms with Crippen LogP contribution in [0.15, 0.2) is 30.3 Å². The summed E-state index contributed by atoms with van der Waals surface area (Å²) in [6.07, 6.45) is 1.62. The molecule has 5 heteroatoms. The summed E-state index contributed by atoms with van der Waals surface area (Å²) in [6.45, 7) is 0.319. The maximum Gasteiger partial charge on any atom is 0.111 e. The van der Waals surface area contributed by atoms with Gasteiger partial charge in [-0.05, 0) is 18.4 Å². The Kier molecular flexibility index (Phi) is 4.44. The number of rotatable bonds is 6. The third-order valence-electron chi connectivity index (χ3n) is 2.87. The number of aromatic nitrogens is 3. The first-order valence-electron chi connectivity index (χ1n) is 6.02. The van der Waals surface area contributed by atoms with Gasteiger partial charge in [-0.3, -0.25) is 0 Å². The average Bonchev–Trinajstić information content (AvgIpc) is 2.80. The second-order valence-corrected chi connectivity index (χ2v) is 4.07. The van der Waals surface area contributed by atoms with E-state index in [9.17, 15) is 5.11 Å². The van der Waals surface area contributed by atoms with Crippen LogP contribution in [0.1, 0.15) is 17.0 Å². The molecule has 96 valence electrons. The van der Waals surface area contributed by atoms with E-state index in [0.717, 1.165) is 18.5 Å². The lowest BCUT2D eigenvalue weighted by Gasteiger charge is -2.06. The molecule has 0 saturated carbocycles. The molecule has 0 amide bonds. The molecular weight excluding hydrogens is 230 g/mol. The van der Waals surface area contributed by atoms with E-state index in [4.69, 9.17) is 5.11 Å². The van der Waals surface area contributed by atoms with E-state index >= 15 is 0 Å². The summed E-state index contributed by atoms with van der Waals surface area (Å²) in [5.41, 5.74) is 2.73. The summed E-state index contributed by atoms with van der Waals surface area (Å²) in [4.78, 5) is 0. The maximum absolute atomic E-state index is 9.22. The van der Waals surface area contributed by atoms with E-state index in [1.54, 1.807) is 4.68 Å². The van der Waals surface area contributed by atoms with Crippen LogP contribution in [0.5, 0.6) is 0 Å². The summed E-state index contributed by atoms with van der Waals surface area (Å²) in [5.74, 6) is 0. The molecule has 0 fully saturated rings. The molecule has 1 heterocycles. The van der Waals surface area contributed by atoms with Gasteiger partial charge < -0.3 is 10.2 Å². The predicted octanol–water partition coefficient (Wildman–Crippen LogP) is 0.548. The Morgan fingerprint density at radius 3 is 2.50 bits per heavy atom. The van der Waals surface area contributed by atoms with Gasteiger partial charge in [0, 0.05) is 0 Å². The Morgan fingerprint density at radius 2 is 1.83 bits per heavy atom. The molecule has 18 heavy (non-hydrogen) atoms. The van der Waals surface area contributed by atoms with Crippen LogP contribution in [0.2, 0.25) is 0 Å². The fourth-order valence-electron chi connectivity index (χ4n) is 1.95. The molecule has 2 rings (SSSR count). The molecule has 1 aromatic heterocycles. The van der Waals surface area contributed by atoms with Crippen molar-refractivity contribution >= 4 is 0 Å². The van der Waals surface area contributed by atoms with Gasteiger partial charge in [0.05, 0.1) is 25.5 Å². The van der Waals surface area contributed by atoms with E-state index in [2.05, 4.69) is 22.4 Å². The molecule has 0 aliphatic carbocycles. The molecule has 0 saturated heterocycles. The van der Waals surface area contributed by atoms with Crippen molar-refractivity contribution in [3.8, 4) is 0 Å². The highest BCUT2D eigenvalue weighted by Gasteiger charge is 2.11. The molecule has 2 aromatic rings. The first-order chi connectivity index (χ1) is 8.85. The van der Waals surface area contributed by atoms with Gasteiger partial charge in [-0.15, -0.1) is 5.10 Å². The van der Waals surface area contributed by atoms with Crippen molar-refractivity contribution in [2.75, 3.05) is 6.61 Å². The lowest BCUT2D eigenvalue weighted by atomic mass is 10.1. The first-order valence-corrected chi connectivity index (χ1v) is 6.02. The normalized spacial score (nSPS) is 10.8. The zero-order chi connectivity index (χ0) is 12.8. The number of nitrogens with zero attached hydrogens (tertiary/aromatic N) is 3. The van der Waals surface area contributed by atoms with Gasteiger partial charge in [0.1, 0.15) is 5.69 Å². The molecule has 0 aliphatic rings. The van der Waals surface area contributed by atoms with E-state index < -0.39 is 0 Å². The second kappa shape index (κ2) is 6.28. The summed E-state index contributed by atoms with van der Waals surface area (Å²) in [5, 5.41) is 26.0. The van der Waals surface area contributed by atoms with Crippen molar-refractivity contribution in [2.45, 2.75) is 26.0 Å². The van der Waals surface area contributed by atoms with Crippen LogP contribution in [0.4, 0.5) is 0 Å². The van der Waals surface area contributed by atoms with Crippen molar-refractivity contribution in [1.82, 2.24) is 15.0 Å². The minimum absolute atomic E-state index is 0.0204. The highest BCUT2D eigenvalue weighted by molar-refractivity contribution is 5.18. The van der Waals surface area contributed by atoms with Crippen LogP contribution >= 0.6 is 0 Å². The molecule has 0 spiro atoms. The van der Waals surface area contributed by atoms with Crippen LogP contribution in [0.3, 0.4) is 0 Å². The Hall–Kier alpha value is -1.72. The van der Waals surface area contributed by atoms with Crippen LogP contribution < -0.4 is 0 Å². The third-order valence-corrected chi connectivity index (χ3v) is 2.87. The van der Waals surface area contributed by atoms with Crippen LogP contribution in [-0.2, 0) is 26.0 Å². The van der Waals surface area contributed by atoms with Gasteiger partial charge in [-0.25, -0.2) is 4.68 Å². The third kappa shape index (κ3) is 2.94. The standard InChI is InChI=1S/C13H17N3O2/c17-9-8-16-13(12(10-18)14-15-16)7-6-11-4-2-1-3-5-11/h1-5,17-18H,6-10H2. The predicted molar refractivity (Wildman–Crippen MR) is 66.9 cm³/mol. The molecule has 2 N–H and O–H groups in total. The van der Waals surface area contributed by atoms with Crippen molar-refractivity contribution in [1.29, 1.82) is 0 Å². The topological polar surface area (TPSA) is 71.2 Å². The Labute approximate surface area is 106 Å². The summed E-state index contributed by atoms with van der Waals surface area (Å²) >= 11 is 0. The van der Waals surface area contributed by atoms with E-state index in [1.807, 2.05) is 18.2 Å². The van der Waals surface area contributed by atoms with Gasteiger partial charge in [-0.1, -0.05) is 35.5 Å². The molecule has 5 nitrogen and oxygen atoms in total. The number of aliphatic hydroxyl groups excluding tert-OH is 2. The SMILES string of the molecule is OCCn1nnc(CO)c1CCc1ccccc1. The molecule has 1 aromatic carbocycles. The minimum atomic E-state index is -0.116. The zero-order valence-corrected chi connectivity index (χ0v) is 10.2. The lowest BCUT2D eigenvalue weighted by Crippen LogP contribution is -2.10. The van der Waals surface area contributed by atoms with Gasteiger partial charge in [-0.2, -0.15) is 0 Å². The smallest absolute Gasteiger partial charge is 0.111 e. The average molecular weight is 247 g/mol. The highest BCUT2D eigenvalue weighted by Crippen LogP contribution is 2.10. The van der Waals surface area contributed by atoms with E-state index in [-0.39, 0.29) is 13.2 Å². The van der Waals surface area contributed by atoms with Crippen LogP contribution in [-0.4, -0.2) is 31.8 Å². The Morgan fingerprint density at radius 1 is 1.06 bits per heavy atom.